The lowest BCUT2D eigenvalue weighted by Gasteiger charge is -2.14. The molecule has 34 heavy (non-hydrogen) atoms. The van der Waals surface area contributed by atoms with E-state index in [9.17, 15) is 19.2 Å². The number of amides is 4. The SMILES string of the molecule is COCC(=O)Nc1cccc(CNC(=O)c2cccc(CN3C(=O)c4ccccc4C3=O)c2)c1. The van der Waals surface area contributed by atoms with Gasteiger partial charge in [0.1, 0.15) is 6.61 Å². The number of ether oxygens (including phenoxy) is 1. The standard InChI is InChI=1S/C26H23N3O5/c1-34-16-23(30)28-20-9-5-6-17(13-20)14-27-24(31)19-8-4-7-18(12-19)15-29-25(32)21-10-2-3-11-22(21)26(29)33/h2-13H,14-16H2,1H3,(H,27,31)(H,28,30). The summed E-state index contributed by atoms with van der Waals surface area (Å²) in [5.74, 6) is -1.24. The maximum Gasteiger partial charge on any atom is 0.261 e. The van der Waals surface area contributed by atoms with Crippen molar-refractivity contribution in [2.75, 3.05) is 19.0 Å². The Balaban J connectivity index is 1.39. The maximum absolute atomic E-state index is 12.7. The first-order valence-electron chi connectivity index (χ1n) is 10.7. The molecule has 0 saturated heterocycles. The first kappa shape index (κ1) is 22.9. The number of rotatable bonds is 8. The van der Waals surface area contributed by atoms with Crippen LogP contribution in [0.2, 0.25) is 0 Å². The summed E-state index contributed by atoms with van der Waals surface area (Å²) in [5.41, 5.74) is 3.29. The minimum Gasteiger partial charge on any atom is -0.375 e. The highest BCUT2D eigenvalue weighted by Gasteiger charge is 2.34. The molecule has 3 aromatic rings. The number of benzene rings is 3. The fourth-order valence-electron chi connectivity index (χ4n) is 3.75. The van der Waals surface area contributed by atoms with Crippen LogP contribution in [-0.2, 0) is 22.6 Å². The van der Waals surface area contributed by atoms with E-state index in [2.05, 4.69) is 10.6 Å². The second-order valence-electron chi connectivity index (χ2n) is 7.81. The number of anilines is 1. The number of nitrogens with one attached hydrogen (secondary N) is 2. The average Bonchev–Trinajstić information content (AvgIpc) is 3.08. The molecule has 1 aliphatic heterocycles. The summed E-state index contributed by atoms with van der Waals surface area (Å²) in [6.45, 7) is 0.296. The summed E-state index contributed by atoms with van der Waals surface area (Å²) in [5, 5.41) is 5.57. The van der Waals surface area contributed by atoms with Crippen molar-refractivity contribution in [3.8, 4) is 0 Å². The first-order chi connectivity index (χ1) is 16.5. The van der Waals surface area contributed by atoms with Crippen molar-refractivity contribution < 1.29 is 23.9 Å². The molecule has 8 heteroatoms. The van der Waals surface area contributed by atoms with Gasteiger partial charge in [0.05, 0.1) is 17.7 Å². The van der Waals surface area contributed by atoms with Crippen molar-refractivity contribution in [1.82, 2.24) is 10.2 Å². The molecule has 0 spiro atoms. The number of hydrogen-bond acceptors (Lipinski definition) is 5. The molecule has 0 aromatic heterocycles. The second kappa shape index (κ2) is 10.1. The molecule has 0 atom stereocenters. The molecular weight excluding hydrogens is 434 g/mol. The smallest absolute Gasteiger partial charge is 0.261 e. The Morgan fingerprint density at radius 1 is 0.853 bits per heavy atom. The van der Waals surface area contributed by atoms with Gasteiger partial charge in [-0.3, -0.25) is 24.1 Å². The molecule has 2 N–H and O–H groups in total. The molecule has 1 aliphatic rings. The van der Waals surface area contributed by atoms with E-state index >= 15 is 0 Å². The molecule has 4 amide bonds. The monoisotopic (exact) mass is 457 g/mol. The van der Waals surface area contributed by atoms with Gasteiger partial charge in [-0.15, -0.1) is 0 Å². The Morgan fingerprint density at radius 3 is 2.24 bits per heavy atom. The van der Waals surface area contributed by atoms with Crippen LogP contribution < -0.4 is 10.6 Å². The highest BCUT2D eigenvalue weighted by molar-refractivity contribution is 6.21. The predicted octanol–water partition coefficient (Wildman–Crippen LogP) is 3.00. The number of fused-ring (bicyclic) bond motifs is 1. The minimum atomic E-state index is -0.340. The molecule has 0 radical (unpaired) electrons. The van der Waals surface area contributed by atoms with Crippen LogP contribution >= 0.6 is 0 Å². The Morgan fingerprint density at radius 2 is 1.53 bits per heavy atom. The molecule has 1 heterocycles. The van der Waals surface area contributed by atoms with Crippen LogP contribution in [0.5, 0.6) is 0 Å². The predicted molar refractivity (Wildman–Crippen MR) is 125 cm³/mol. The van der Waals surface area contributed by atoms with Crippen LogP contribution in [0, 0.1) is 0 Å². The molecule has 0 fully saturated rings. The van der Waals surface area contributed by atoms with Crippen molar-refractivity contribution in [3.63, 3.8) is 0 Å². The third kappa shape index (κ3) is 5.02. The summed E-state index contributed by atoms with van der Waals surface area (Å²) in [6.07, 6.45) is 0. The van der Waals surface area contributed by atoms with Crippen LogP contribution in [0.25, 0.3) is 0 Å². The number of nitrogens with zero attached hydrogens (tertiary/aromatic N) is 1. The molecule has 3 aromatic carbocycles. The zero-order chi connectivity index (χ0) is 24.1. The van der Waals surface area contributed by atoms with E-state index in [0.29, 0.717) is 27.9 Å². The first-order valence-corrected chi connectivity index (χ1v) is 10.7. The molecule has 0 aliphatic carbocycles. The van der Waals surface area contributed by atoms with E-state index in [1.807, 2.05) is 6.07 Å². The van der Waals surface area contributed by atoms with E-state index < -0.39 is 0 Å². The highest BCUT2D eigenvalue weighted by atomic mass is 16.5. The van der Waals surface area contributed by atoms with E-state index in [1.54, 1.807) is 66.7 Å². The van der Waals surface area contributed by atoms with Gasteiger partial charge in [0.25, 0.3) is 17.7 Å². The lowest BCUT2D eigenvalue weighted by molar-refractivity contribution is -0.119. The van der Waals surface area contributed by atoms with E-state index in [-0.39, 0.29) is 43.3 Å². The van der Waals surface area contributed by atoms with Gasteiger partial charge in [-0.05, 0) is 47.5 Å². The summed E-state index contributed by atoms with van der Waals surface area (Å²) >= 11 is 0. The summed E-state index contributed by atoms with van der Waals surface area (Å²) in [6, 6.07) is 20.7. The molecular formula is C26H23N3O5. The summed E-state index contributed by atoms with van der Waals surface area (Å²) < 4.78 is 4.80. The Kier molecular flexibility index (Phi) is 6.79. The maximum atomic E-state index is 12.7. The average molecular weight is 457 g/mol. The molecule has 172 valence electrons. The Hall–Kier alpha value is -4.30. The number of hydrogen-bond donors (Lipinski definition) is 2. The van der Waals surface area contributed by atoms with Crippen molar-refractivity contribution in [2.45, 2.75) is 13.1 Å². The zero-order valence-electron chi connectivity index (χ0n) is 18.5. The van der Waals surface area contributed by atoms with Crippen molar-refractivity contribution >= 4 is 29.3 Å². The van der Waals surface area contributed by atoms with E-state index in [4.69, 9.17) is 4.74 Å². The van der Waals surface area contributed by atoms with Gasteiger partial charge in [-0.2, -0.15) is 0 Å². The lowest BCUT2D eigenvalue weighted by Crippen LogP contribution is -2.29. The second-order valence-corrected chi connectivity index (χ2v) is 7.81. The van der Waals surface area contributed by atoms with Crippen LogP contribution in [-0.4, -0.2) is 42.2 Å². The number of imide groups is 1. The molecule has 4 rings (SSSR count). The molecule has 0 saturated carbocycles. The van der Waals surface area contributed by atoms with E-state index in [0.717, 1.165) is 5.56 Å². The van der Waals surface area contributed by atoms with Gasteiger partial charge in [0.15, 0.2) is 0 Å². The lowest BCUT2D eigenvalue weighted by atomic mass is 10.1. The van der Waals surface area contributed by atoms with Crippen LogP contribution in [0.4, 0.5) is 5.69 Å². The number of carbonyl (C=O) groups excluding carboxylic acids is 4. The van der Waals surface area contributed by atoms with Gasteiger partial charge in [0.2, 0.25) is 5.91 Å². The summed E-state index contributed by atoms with van der Waals surface area (Å²) in [7, 11) is 1.44. The zero-order valence-corrected chi connectivity index (χ0v) is 18.5. The van der Waals surface area contributed by atoms with E-state index in [1.165, 1.54) is 12.0 Å². The quantitative estimate of drug-likeness (QED) is 0.506. The fourth-order valence-corrected chi connectivity index (χ4v) is 3.75. The highest BCUT2D eigenvalue weighted by Crippen LogP contribution is 2.24. The minimum absolute atomic E-state index is 0.0436. The Labute approximate surface area is 196 Å². The largest absolute Gasteiger partial charge is 0.375 e. The molecule has 0 bridgehead atoms. The van der Waals surface area contributed by atoms with Gasteiger partial charge < -0.3 is 15.4 Å². The van der Waals surface area contributed by atoms with Crippen LogP contribution in [0.3, 0.4) is 0 Å². The van der Waals surface area contributed by atoms with Crippen molar-refractivity contribution in [2.24, 2.45) is 0 Å². The third-order valence-corrected chi connectivity index (χ3v) is 5.35. The topological polar surface area (TPSA) is 105 Å². The van der Waals surface area contributed by atoms with Gasteiger partial charge >= 0.3 is 0 Å². The molecule has 8 nitrogen and oxygen atoms in total. The molecule has 0 unspecified atom stereocenters. The third-order valence-electron chi connectivity index (χ3n) is 5.35. The summed E-state index contributed by atoms with van der Waals surface area (Å²) in [4.78, 5) is 50.8. The van der Waals surface area contributed by atoms with Gasteiger partial charge in [-0.25, -0.2) is 0 Å². The normalized spacial score (nSPS) is 12.4. The van der Waals surface area contributed by atoms with Crippen LogP contribution in [0.15, 0.2) is 72.8 Å². The van der Waals surface area contributed by atoms with Crippen LogP contribution in [0.1, 0.15) is 42.2 Å². The fraction of sp³-hybridized carbons (Fsp3) is 0.154. The Bertz CT molecular complexity index is 1240. The number of methoxy groups -OCH3 is 1. The van der Waals surface area contributed by atoms with Gasteiger partial charge in [-0.1, -0.05) is 36.4 Å². The van der Waals surface area contributed by atoms with Crippen molar-refractivity contribution in [3.05, 3.63) is 101 Å². The number of carbonyl (C=O) groups is 4. The van der Waals surface area contributed by atoms with Gasteiger partial charge in [0, 0.05) is 24.9 Å². The van der Waals surface area contributed by atoms with Crippen molar-refractivity contribution in [1.29, 1.82) is 0 Å².